The lowest BCUT2D eigenvalue weighted by atomic mass is 10.2. The zero-order chi connectivity index (χ0) is 12.0. The van der Waals surface area contributed by atoms with Crippen LogP contribution in [0, 0.1) is 6.92 Å². The Morgan fingerprint density at radius 1 is 1.38 bits per heavy atom. The van der Waals surface area contributed by atoms with Crippen LogP contribution in [0.5, 0.6) is 0 Å². The Morgan fingerprint density at radius 2 is 2.00 bits per heavy atom. The molecule has 88 valence electrons. The van der Waals surface area contributed by atoms with Crippen molar-refractivity contribution in [2.75, 3.05) is 11.9 Å². The average Bonchev–Trinajstić information content (AvgIpc) is 2.29. The maximum absolute atomic E-state index is 11.5. The van der Waals surface area contributed by atoms with E-state index in [-0.39, 0.29) is 18.7 Å². The predicted molar refractivity (Wildman–Crippen MR) is 64.5 cm³/mol. The van der Waals surface area contributed by atoms with Gasteiger partial charge in [-0.25, -0.2) is 4.79 Å². The van der Waals surface area contributed by atoms with E-state index in [2.05, 4.69) is 10.6 Å². The van der Waals surface area contributed by atoms with Crippen LogP contribution >= 0.6 is 0 Å². The first-order valence-corrected chi connectivity index (χ1v) is 5.40. The molecule has 0 aliphatic heterocycles. The molecule has 0 aromatic heterocycles. The molecule has 1 rings (SSSR count). The number of hydrogen-bond donors (Lipinski definition) is 3. The molecular weight excluding hydrogens is 204 g/mol. The van der Waals surface area contributed by atoms with Gasteiger partial charge >= 0.3 is 6.03 Å². The molecule has 0 unspecified atom stereocenters. The predicted octanol–water partition coefficient (Wildman–Crippen LogP) is 1.89. The van der Waals surface area contributed by atoms with Gasteiger partial charge in [-0.1, -0.05) is 24.6 Å². The van der Waals surface area contributed by atoms with E-state index in [1.807, 2.05) is 38.1 Å². The Balaban J connectivity index is 2.48. The third-order valence-electron chi connectivity index (χ3n) is 2.36. The quantitative estimate of drug-likeness (QED) is 0.728. The van der Waals surface area contributed by atoms with E-state index in [4.69, 9.17) is 5.11 Å². The van der Waals surface area contributed by atoms with E-state index in [0.29, 0.717) is 6.42 Å². The summed E-state index contributed by atoms with van der Waals surface area (Å²) in [6, 6.07) is 7.07. The van der Waals surface area contributed by atoms with Crippen molar-refractivity contribution < 1.29 is 9.90 Å². The minimum absolute atomic E-state index is 0.0438. The molecule has 0 aliphatic rings. The summed E-state index contributed by atoms with van der Waals surface area (Å²) in [5.74, 6) is 0. The van der Waals surface area contributed by atoms with Crippen molar-refractivity contribution in [3.8, 4) is 0 Å². The Kier molecular flexibility index (Phi) is 4.79. The van der Waals surface area contributed by atoms with Gasteiger partial charge in [-0.3, -0.25) is 0 Å². The SMILES string of the molecule is CC[C@H](CO)NC(=O)Nc1ccc(C)cc1. The van der Waals surface area contributed by atoms with E-state index >= 15 is 0 Å². The molecule has 0 fully saturated rings. The zero-order valence-electron chi connectivity index (χ0n) is 9.66. The molecule has 0 radical (unpaired) electrons. The van der Waals surface area contributed by atoms with Gasteiger partial charge in [0.2, 0.25) is 0 Å². The van der Waals surface area contributed by atoms with Crippen LogP contribution < -0.4 is 10.6 Å². The second-order valence-electron chi connectivity index (χ2n) is 3.75. The Labute approximate surface area is 95.7 Å². The fraction of sp³-hybridized carbons (Fsp3) is 0.417. The first kappa shape index (κ1) is 12.5. The van der Waals surface area contributed by atoms with E-state index in [1.165, 1.54) is 0 Å². The monoisotopic (exact) mass is 222 g/mol. The standard InChI is InChI=1S/C12H18N2O2/c1-3-10(8-15)13-12(16)14-11-6-4-9(2)5-7-11/h4-7,10,15H,3,8H2,1-2H3,(H2,13,14,16)/t10-/m1/s1. The summed E-state index contributed by atoms with van der Waals surface area (Å²) in [5.41, 5.74) is 1.89. The molecule has 4 nitrogen and oxygen atoms in total. The van der Waals surface area contributed by atoms with Crippen molar-refractivity contribution >= 4 is 11.7 Å². The number of rotatable bonds is 4. The summed E-state index contributed by atoms with van der Waals surface area (Å²) in [6.45, 7) is 3.85. The Morgan fingerprint density at radius 3 is 2.50 bits per heavy atom. The van der Waals surface area contributed by atoms with Crippen LogP contribution in [0.3, 0.4) is 0 Å². The van der Waals surface area contributed by atoms with Gasteiger partial charge in [-0.2, -0.15) is 0 Å². The van der Waals surface area contributed by atoms with Crippen LogP contribution in [0.25, 0.3) is 0 Å². The molecule has 2 amide bonds. The van der Waals surface area contributed by atoms with Gasteiger partial charge in [0, 0.05) is 5.69 Å². The number of carbonyl (C=O) groups excluding carboxylic acids is 1. The molecular formula is C12H18N2O2. The minimum Gasteiger partial charge on any atom is -0.394 e. The number of benzene rings is 1. The average molecular weight is 222 g/mol. The normalized spacial score (nSPS) is 11.9. The highest BCUT2D eigenvalue weighted by atomic mass is 16.3. The number of aliphatic hydroxyl groups excluding tert-OH is 1. The second kappa shape index (κ2) is 6.12. The zero-order valence-corrected chi connectivity index (χ0v) is 9.66. The smallest absolute Gasteiger partial charge is 0.319 e. The molecule has 16 heavy (non-hydrogen) atoms. The summed E-state index contributed by atoms with van der Waals surface area (Å²) < 4.78 is 0. The van der Waals surface area contributed by atoms with Gasteiger partial charge in [-0.05, 0) is 25.5 Å². The number of aliphatic hydroxyl groups is 1. The van der Waals surface area contributed by atoms with Crippen LogP contribution in [0.15, 0.2) is 24.3 Å². The van der Waals surface area contributed by atoms with Crippen LogP contribution in [0.4, 0.5) is 10.5 Å². The molecule has 0 spiro atoms. The van der Waals surface area contributed by atoms with Gasteiger partial charge in [-0.15, -0.1) is 0 Å². The van der Waals surface area contributed by atoms with E-state index < -0.39 is 0 Å². The summed E-state index contributed by atoms with van der Waals surface area (Å²) in [6.07, 6.45) is 0.706. The molecule has 0 saturated carbocycles. The van der Waals surface area contributed by atoms with E-state index in [9.17, 15) is 4.79 Å². The van der Waals surface area contributed by atoms with Gasteiger partial charge < -0.3 is 15.7 Å². The van der Waals surface area contributed by atoms with E-state index in [0.717, 1.165) is 11.3 Å². The molecule has 3 N–H and O–H groups in total. The van der Waals surface area contributed by atoms with Crippen molar-refractivity contribution in [2.45, 2.75) is 26.3 Å². The molecule has 4 heteroatoms. The van der Waals surface area contributed by atoms with Crippen LogP contribution in [-0.2, 0) is 0 Å². The van der Waals surface area contributed by atoms with Gasteiger partial charge in [0.05, 0.1) is 12.6 Å². The van der Waals surface area contributed by atoms with Crippen LogP contribution in [0.1, 0.15) is 18.9 Å². The number of hydrogen-bond acceptors (Lipinski definition) is 2. The minimum atomic E-state index is -0.287. The largest absolute Gasteiger partial charge is 0.394 e. The number of nitrogens with one attached hydrogen (secondary N) is 2. The second-order valence-corrected chi connectivity index (χ2v) is 3.75. The molecule has 0 aliphatic carbocycles. The third-order valence-corrected chi connectivity index (χ3v) is 2.36. The molecule has 1 aromatic rings. The molecule has 1 atom stereocenters. The van der Waals surface area contributed by atoms with Gasteiger partial charge in [0.25, 0.3) is 0 Å². The van der Waals surface area contributed by atoms with Crippen molar-refractivity contribution in [3.63, 3.8) is 0 Å². The first-order chi connectivity index (χ1) is 7.65. The van der Waals surface area contributed by atoms with Crippen molar-refractivity contribution in [3.05, 3.63) is 29.8 Å². The topological polar surface area (TPSA) is 61.4 Å². The molecule has 0 bridgehead atoms. The maximum atomic E-state index is 11.5. The Hall–Kier alpha value is -1.55. The number of urea groups is 1. The van der Waals surface area contributed by atoms with Crippen LogP contribution in [-0.4, -0.2) is 23.8 Å². The third kappa shape index (κ3) is 3.90. The molecule has 0 saturated heterocycles. The number of anilines is 1. The van der Waals surface area contributed by atoms with Crippen molar-refractivity contribution in [1.82, 2.24) is 5.32 Å². The fourth-order valence-electron chi connectivity index (χ4n) is 1.27. The van der Waals surface area contributed by atoms with Gasteiger partial charge in [0.15, 0.2) is 0 Å². The lowest BCUT2D eigenvalue weighted by molar-refractivity contribution is 0.222. The molecule has 1 aromatic carbocycles. The lowest BCUT2D eigenvalue weighted by Gasteiger charge is -2.14. The number of aryl methyl sites for hydroxylation is 1. The maximum Gasteiger partial charge on any atom is 0.319 e. The Bertz CT molecular complexity index is 331. The number of amides is 2. The highest BCUT2D eigenvalue weighted by Crippen LogP contribution is 2.08. The highest BCUT2D eigenvalue weighted by molar-refractivity contribution is 5.89. The van der Waals surface area contributed by atoms with Crippen molar-refractivity contribution in [2.24, 2.45) is 0 Å². The number of carbonyl (C=O) groups is 1. The van der Waals surface area contributed by atoms with Crippen LogP contribution in [0.2, 0.25) is 0 Å². The van der Waals surface area contributed by atoms with E-state index in [1.54, 1.807) is 0 Å². The first-order valence-electron chi connectivity index (χ1n) is 5.40. The fourth-order valence-corrected chi connectivity index (χ4v) is 1.27. The van der Waals surface area contributed by atoms with Gasteiger partial charge in [0.1, 0.15) is 0 Å². The van der Waals surface area contributed by atoms with Crippen molar-refractivity contribution in [1.29, 1.82) is 0 Å². The summed E-state index contributed by atoms with van der Waals surface area (Å²) >= 11 is 0. The molecule has 0 heterocycles. The summed E-state index contributed by atoms with van der Waals surface area (Å²) in [4.78, 5) is 11.5. The lowest BCUT2D eigenvalue weighted by Crippen LogP contribution is -2.39. The highest BCUT2D eigenvalue weighted by Gasteiger charge is 2.08. The summed E-state index contributed by atoms with van der Waals surface area (Å²) in [5, 5.41) is 14.3. The summed E-state index contributed by atoms with van der Waals surface area (Å²) in [7, 11) is 0.